The minimum atomic E-state index is -0.622. The number of hydrogen-bond acceptors (Lipinski definition) is 4. The van der Waals surface area contributed by atoms with Crippen LogP contribution in [0.5, 0.6) is 0 Å². The monoisotopic (exact) mass is 220 g/mol. The minimum absolute atomic E-state index is 0.0300. The molecule has 2 heterocycles. The minimum Gasteiger partial charge on any atom is -0.312 e. The highest BCUT2D eigenvalue weighted by Crippen LogP contribution is 2.06. The van der Waals surface area contributed by atoms with Gasteiger partial charge in [-0.1, -0.05) is 0 Å². The molecule has 1 aliphatic rings. The van der Waals surface area contributed by atoms with Gasteiger partial charge in [0.2, 0.25) is 0 Å². The number of nitriles is 1. The summed E-state index contributed by atoms with van der Waals surface area (Å²) in [5.41, 5.74) is -1.11. The van der Waals surface area contributed by atoms with Gasteiger partial charge in [0, 0.05) is 18.8 Å². The molecule has 1 atom stereocenters. The van der Waals surface area contributed by atoms with Crippen molar-refractivity contribution >= 4 is 0 Å². The molecule has 0 amide bonds. The molecule has 16 heavy (non-hydrogen) atoms. The first-order valence-corrected chi connectivity index (χ1v) is 5.18. The van der Waals surface area contributed by atoms with Gasteiger partial charge >= 0.3 is 5.69 Å². The van der Waals surface area contributed by atoms with Crippen molar-refractivity contribution in [1.82, 2.24) is 14.9 Å². The summed E-state index contributed by atoms with van der Waals surface area (Å²) in [4.78, 5) is 24.8. The maximum Gasteiger partial charge on any atom is 0.328 e. The summed E-state index contributed by atoms with van der Waals surface area (Å²) in [5.74, 6) is 0. The molecule has 84 valence electrons. The molecule has 6 nitrogen and oxygen atoms in total. The third-order valence-corrected chi connectivity index (χ3v) is 2.71. The van der Waals surface area contributed by atoms with E-state index in [-0.39, 0.29) is 11.6 Å². The smallest absolute Gasteiger partial charge is 0.312 e. The molecule has 1 aromatic heterocycles. The molecule has 1 saturated heterocycles. The van der Waals surface area contributed by atoms with Gasteiger partial charge in [-0.15, -0.1) is 0 Å². The van der Waals surface area contributed by atoms with Crippen molar-refractivity contribution in [2.45, 2.75) is 25.4 Å². The van der Waals surface area contributed by atoms with Crippen LogP contribution in [0.25, 0.3) is 0 Å². The lowest BCUT2D eigenvalue weighted by Gasteiger charge is -2.11. The Balaban J connectivity index is 2.30. The van der Waals surface area contributed by atoms with E-state index >= 15 is 0 Å². The Kier molecular flexibility index (Phi) is 2.88. The zero-order valence-corrected chi connectivity index (χ0v) is 8.69. The number of H-pyrrole nitrogens is 1. The van der Waals surface area contributed by atoms with Crippen LogP contribution in [0.4, 0.5) is 0 Å². The molecule has 0 spiro atoms. The van der Waals surface area contributed by atoms with Crippen LogP contribution in [0.2, 0.25) is 0 Å². The molecular weight excluding hydrogens is 208 g/mol. The van der Waals surface area contributed by atoms with Gasteiger partial charge in [-0.05, 0) is 19.4 Å². The SMILES string of the molecule is N#Cc1cn(CC2CCCN2)c(=O)[nH]c1=O. The highest BCUT2D eigenvalue weighted by molar-refractivity contribution is 5.21. The zero-order valence-electron chi connectivity index (χ0n) is 8.69. The molecule has 0 radical (unpaired) electrons. The topological polar surface area (TPSA) is 90.7 Å². The van der Waals surface area contributed by atoms with Crippen molar-refractivity contribution in [3.8, 4) is 6.07 Å². The van der Waals surface area contributed by atoms with Crippen molar-refractivity contribution < 1.29 is 0 Å². The van der Waals surface area contributed by atoms with E-state index in [1.54, 1.807) is 6.07 Å². The first kappa shape index (κ1) is 10.6. The molecule has 0 aromatic carbocycles. The zero-order chi connectivity index (χ0) is 11.5. The van der Waals surface area contributed by atoms with Crippen LogP contribution in [0.3, 0.4) is 0 Å². The largest absolute Gasteiger partial charge is 0.328 e. The fourth-order valence-electron chi connectivity index (χ4n) is 1.87. The van der Waals surface area contributed by atoms with Gasteiger partial charge < -0.3 is 5.32 Å². The van der Waals surface area contributed by atoms with E-state index in [1.807, 2.05) is 0 Å². The Labute approximate surface area is 91.5 Å². The van der Waals surface area contributed by atoms with Crippen LogP contribution in [-0.4, -0.2) is 22.1 Å². The second kappa shape index (κ2) is 4.33. The third-order valence-electron chi connectivity index (χ3n) is 2.71. The summed E-state index contributed by atoms with van der Waals surface area (Å²) in [7, 11) is 0. The number of rotatable bonds is 2. The lowest BCUT2D eigenvalue weighted by Crippen LogP contribution is -2.36. The third kappa shape index (κ3) is 2.04. The quantitative estimate of drug-likeness (QED) is 0.680. The summed E-state index contributed by atoms with van der Waals surface area (Å²) >= 11 is 0. The molecule has 1 aromatic rings. The van der Waals surface area contributed by atoms with Gasteiger partial charge in [0.25, 0.3) is 5.56 Å². The van der Waals surface area contributed by atoms with Crippen LogP contribution in [0.15, 0.2) is 15.8 Å². The summed E-state index contributed by atoms with van der Waals surface area (Å²) in [6, 6.07) is 2.01. The Bertz CT molecular complexity index is 531. The fourth-order valence-corrected chi connectivity index (χ4v) is 1.87. The van der Waals surface area contributed by atoms with Gasteiger partial charge in [-0.2, -0.15) is 5.26 Å². The predicted octanol–water partition coefficient (Wildman–Crippen LogP) is -0.840. The average molecular weight is 220 g/mol. The molecule has 6 heteroatoms. The Hall–Kier alpha value is -1.87. The second-order valence-electron chi connectivity index (χ2n) is 3.86. The van der Waals surface area contributed by atoms with Gasteiger partial charge in [0.05, 0.1) is 0 Å². The molecule has 1 aliphatic heterocycles. The van der Waals surface area contributed by atoms with Crippen LogP contribution >= 0.6 is 0 Å². The summed E-state index contributed by atoms with van der Waals surface area (Å²) in [5, 5.41) is 11.9. The van der Waals surface area contributed by atoms with E-state index in [0.717, 1.165) is 19.4 Å². The van der Waals surface area contributed by atoms with Crippen molar-refractivity contribution in [2.24, 2.45) is 0 Å². The molecule has 2 rings (SSSR count). The highest BCUT2D eigenvalue weighted by atomic mass is 16.2. The van der Waals surface area contributed by atoms with E-state index < -0.39 is 11.2 Å². The summed E-state index contributed by atoms with van der Waals surface area (Å²) < 4.78 is 1.38. The Morgan fingerprint density at radius 3 is 3.00 bits per heavy atom. The van der Waals surface area contributed by atoms with Crippen LogP contribution in [-0.2, 0) is 6.54 Å². The van der Waals surface area contributed by atoms with Crippen LogP contribution in [0.1, 0.15) is 18.4 Å². The van der Waals surface area contributed by atoms with Gasteiger partial charge in [0.1, 0.15) is 11.6 Å². The Morgan fingerprint density at radius 2 is 2.38 bits per heavy atom. The number of nitrogens with one attached hydrogen (secondary N) is 2. The summed E-state index contributed by atoms with van der Waals surface area (Å²) in [6.07, 6.45) is 3.42. The first-order valence-electron chi connectivity index (χ1n) is 5.18. The molecule has 0 aliphatic carbocycles. The first-order chi connectivity index (χ1) is 7.70. The maximum absolute atomic E-state index is 11.5. The van der Waals surface area contributed by atoms with E-state index in [9.17, 15) is 9.59 Å². The number of hydrogen-bond donors (Lipinski definition) is 2. The second-order valence-corrected chi connectivity index (χ2v) is 3.86. The maximum atomic E-state index is 11.5. The molecule has 2 N–H and O–H groups in total. The van der Waals surface area contributed by atoms with E-state index in [0.29, 0.717) is 6.54 Å². The number of aromatic nitrogens is 2. The Morgan fingerprint density at radius 1 is 1.56 bits per heavy atom. The van der Waals surface area contributed by atoms with E-state index in [1.165, 1.54) is 10.8 Å². The van der Waals surface area contributed by atoms with Gasteiger partial charge in [0.15, 0.2) is 0 Å². The number of aromatic amines is 1. The average Bonchev–Trinajstić information content (AvgIpc) is 2.75. The lowest BCUT2D eigenvalue weighted by atomic mass is 10.2. The van der Waals surface area contributed by atoms with Crippen LogP contribution in [0, 0.1) is 11.3 Å². The van der Waals surface area contributed by atoms with Crippen molar-refractivity contribution in [2.75, 3.05) is 6.54 Å². The van der Waals surface area contributed by atoms with Crippen molar-refractivity contribution in [3.63, 3.8) is 0 Å². The normalized spacial score (nSPS) is 19.6. The highest BCUT2D eigenvalue weighted by Gasteiger charge is 2.15. The summed E-state index contributed by atoms with van der Waals surface area (Å²) in [6.45, 7) is 1.44. The van der Waals surface area contributed by atoms with Crippen molar-refractivity contribution in [1.29, 1.82) is 5.26 Å². The van der Waals surface area contributed by atoms with Crippen LogP contribution < -0.4 is 16.6 Å². The predicted molar refractivity (Wildman–Crippen MR) is 57.1 cm³/mol. The molecule has 1 unspecified atom stereocenters. The molecule has 0 bridgehead atoms. The van der Waals surface area contributed by atoms with E-state index in [4.69, 9.17) is 5.26 Å². The lowest BCUT2D eigenvalue weighted by molar-refractivity contribution is 0.491. The van der Waals surface area contributed by atoms with Gasteiger partial charge in [-0.3, -0.25) is 14.3 Å². The van der Waals surface area contributed by atoms with Gasteiger partial charge in [-0.25, -0.2) is 4.79 Å². The molecular formula is C10H12N4O2. The van der Waals surface area contributed by atoms with E-state index in [2.05, 4.69) is 10.3 Å². The molecule has 0 saturated carbocycles. The molecule has 1 fully saturated rings. The standard InChI is InChI=1S/C10H12N4O2/c11-4-7-5-14(10(16)13-9(7)15)6-8-2-1-3-12-8/h5,8,12H,1-3,6H2,(H,13,15,16). The number of nitrogens with zero attached hydrogens (tertiary/aromatic N) is 2. The van der Waals surface area contributed by atoms with Crippen molar-refractivity contribution in [3.05, 3.63) is 32.6 Å². The fraction of sp³-hybridized carbons (Fsp3) is 0.500.